The van der Waals surface area contributed by atoms with Crippen molar-refractivity contribution in [1.82, 2.24) is 15.4 Å². The molecule has 1 heterocycles. The lowest BCUT2D eigenvalue weighted by atomic mass is 9.91. The topological polar surface area (TPSA) is 87.3 Å². The molecule has 0 spiro atoms. The number of carbonyl (C=O) groups is 1. The summed E-state index contributed by atoms with van der Waals surface area (Å²) in [5.41, 5.74) is 0. The highest BCUT2D eigenvalue weighted by Crippen LogP contribution is 2.15. The highest BCUT2D eigenvalue weighted by atomic mass is 32.2. The average molecular weight is 263 g/mol. The van der Waals surface area contributed by atoms with Crippen LogP contribution in [0.25, 0.3) is 0 Å². The molecule has 2 unspecified atom stereocenters. The summed E-state index contributed by atoms with van der Waals surface area (Å²) in [5.74, 6) is 0.303. The van der Waals surface area contributed by atoms with Crippen LogP contribution < -0.4 is 15.4 Å². The van der Waals surface area contributed by atoms with Crippen LogP contribution in [0.15, 0.2) is 0 Å². The zero-order valence-electron chi connectivity index (χ0n) is 10.3. The van der Waals surface area contributed by atoms with E-state index in [1.807, 2.05) is 0 Å². The summed E-state index contributed by atoms with van der Waals surface area (Å²) in [6.07, 6.45) is 0.859. The number of carbonyl (C=O) groups excluding carboxylic acids is 1. The van der Waals surface area contributed by atoms with E-state index in [0.717, 1.165) is 13.0 Å². The molecule has 0 aromatic carbocycles. The summed E-state index contributed by atoms with van der Waals surface area (Å²) in [6.45, 7) is 3.87. The fourth-order valence-corrected chi connectivity index (χ4v) is 2.49. The predicted molar refractivity (Wildman–Crippen MR) is 66.0 cm³/mol. The molecule has 17 heavy (non-hydrogen) atoms. The maximum absolute atomic E-state index is 11.8. The predicted octanol–water partition coefficient (Wildman–Crippen LogP) is -1.10. The molecule has 1 aliphatic rings. The van der Waals surface area contributed by atoms with Gasteiger partial charge in [0.1, 0.15) is 0 Å². The Balaban J connectivity index is 2.30. The normalized spacial score (nSPS) is 25.5. The number of sulfonamides is 1. The Labute approximate surface area is 103 Å². The first-order valence-corrected chi connectivity index (χ1v) is 7.49. The van der Waals surface area contributed by atoms with Crippen molar-refractivity contribution < 1.29 is 13.2 Å². The second-order valence-electron chi connectivity index (χ2n) is 4.51. The molecule has 3 N–H and O–H groups in total. The van der Waals surface area contributed by atoms with Crippen molar-refractivity contribution in [2.24, 2.45) is 11.8 Å². The van der Waals surface area contributed by atoms with E-state index >= 15 is 0 Å². The summed E-state index contributed by atoms with van der Waals surface area (Å²) in [6, 6.07) is 0. The van der Waals surface area contributed by atoms with Gasteiger partial charge in [-0.2, -0.15) is 0 Å². The van der Waals surface area contributed by atoms with Gasteiger partial charge in [-0.05, 0) is 25.9 Å². The van der Waals surface area contributed by atoms with Crippen molar-refractivity contribution in [3.8, 4) is 0 Å². The Kier molecular flexibility index (Phi) is 5.35. The maximum Gasteiger partial charge on any atom is 0.224 e. The smallest absolute Gasteiger partial charge is 0.224 e. The van der Waals surface area contributed by atoms with Gasteiger partial charge in [0.15, 0.2) is 0 Å². The zero-order chi connectivity index (χ0) is 12.9. The summed E-state index contributed by atoms with van der Waals surface area (Å²) in [4.78, 5) is 11.8. The van der Waals surface area contributed by atoms with E-state index in [1.165, 1.54) is 7.05 Å². The molecule has 1 rings (SSSR count). The molecule has 0 radical (unpaired) electrons. The first-order chi connectivity index (χ1) is 7.94. The molecular weight excluding hydrogens is 242 g/mol. The highest BCUT2D eigenvalue weighted by Gasteiger charge is 2.24. The Morgan fingerprint density at radius 3 is 2.71 bits per heavy atom. The summed E-state index contributed by atoms with van der Waals surface area (Å²) >= 11 is 0. The van der Waals surface area contributed by atoms with Crippen molar-refractivity contribution in [3.63, 3.8) is 0 Å². The van der Waals surface area contributed by atoms with Crippen molar-refractivity contribution in [2.45, 2.75) is 13.3 Å². The molecule has 7 heteroatoms. The van der Waals surface area contributed by atoms with Gasteiger partial charge in [-0.15, -0.1) is 0 Å². The van der Waals surface area contributed by atoms with E-state index in [-0.39, 0.29) is 24.1 Å². The van der Waals surface area contributed by atoms with Crippen molar-refractivity contribution in [2.75, 3.05) is 32.4 Å². The minimum atomic E-state index is -3.24. The van der Waals surface area contributed by atoms with Crippen LogP contribution >= 0.6 is 0 Å². The number of hydrogen-bond donors (Lipinski definition) is 3. The molecule has 0 bridgehead atoms. The average Bonchev–Trinajstić information content (AvgIpc) is 2.28. The largest absolute Gasteiger partial charge is 0.355 e. The molecule has 100 valence electrons. The molecule has 0 aromatic heterocycles. The third kappa shape index (κ3) is 5.01. The van der Waals surface area contributed by atoms with Crippen LogP contribution in [-0.2, 0) is 14.8 Å². The fourth-order valence-electron chi connectivity index (χ4n) is 1.91. The van der Waals surface area contributed by atoms with Gasteiger partial charge in [0.25, 0.3) is 0 Å². The maximum atomic E-state index is 11.8. The number of hydrogen-bond acceptors (Lipinski definition) is 4. The summed E-state index contributed by atoms with van der Waals surface area (Å²) < 4.78 is 24.5. The van der Waals surface area contributed by atoms with Gasteiger partial charge in [0.2, 0.25) is 15.9 Å². The molecule has 1 amide bonds. The third-order valence-electron chi connectivity index (χ3n) is 2.92. The van der Waals surface area contributed by atoms with E-state index in [4.69, 9.17) is 0 Å². The lowest BCUT2D eigenvalue weighted by Gasteiger charge is -2.26. The molecular formula is C10H21N3O3S. The number of nitrogens with one attached hydrogen (secondary N) is 3. The molecule has 1 aliphatic heterocycles. The molecule has 6 nitrogen and oxygen atoms in total. The van der Waals surface area contributed by atoms with Crippen molar-refractivity contribution in [1.29, 1.82) is 0 Å². The van der Waals surface area contributed by atoms with Gasteiger partial charge < -0.3 is 10.6 Å². The number of piperidine rings is 1. The molecule has 1 saturated heterocycles. The lowest BCUT2D eigenvalue weighted by Crippen LogP contribution is -2.44. The first-order valence-electron chi connectivity index (χ1n) is 5.84. The molecule has 2 atom stereocenters. The van der Waals surface area contributed by atoms with Crippen LogP contribution in [0.3, 0.4) is 0 Å². The number of rotatable bonds is 5. The molecule has 0 saturated carbocycles. The Morgan fingerprint density at radius 2 is 2.12 bits per heavy atom. The fraction of sp³-hybridized carbons (Fsp3) is 0.900. The Hall–Kier alpha value is -0.660. The van der Waals surface area contributed by atoms with Crippen LogP contribution in [0.4, 0.5) is 0 Å². The van der Waals surface area contributed by atoms with Gasteiger partial charge in [-0.1, -0.05) is 6.92 Å². The second kappa shape index (κ2) is 6.32. The van der Waals surface area contributed by atoms with Crippen LogP contribution in [0, 0.1) is 11.8 Å². The lowest BCUT2D eigenvalue weighted by molar-refractivity contribution is -0.125. The van der Waals surface area contributed by atoms with Crippen LogP contribution in [0.1, 0.15) is 13.3 Å². The van der Waals surface area contributed by atoms with E-state index in [2.05, 4.69) is 22.3 Å². The zero-order valence-corrected chi connectivity index (χ0v) is 11.1. The van der Waals surface area contributed by atoms with Gasteiger partial charge in [-0.25, -0.2) is 13.1 Å². The summed E-state index contributed by atoms with van der Waals surface area (Å²) in [5, 5.41) is 5.86. The first kappa shape index (κ1) is 14.4. The van der Waals surface area contributed by atoms with E-state index in [1.54, 1.807) is 0 Å². The SMILES string of the molecule is CNS(=O)(=O)CCNC(=O)C1CNCC(C)C1. The van der Waals surface area contributed by atoms with E-state index < -0.39 is 10.0 Å². The van der Waals surface area contributed by atoms with Gasteiger partial charge in [0, 0.05) is 13.1 Å². The molecule has 1 fully saturated rings. The van der Waals surface area contributed by atoms with Gasteiger partial charge in [-0.3, -0.25) is 4.79 Å². The van der Waals surface area contributed by atoms with Gasteiger partial charge in [0.05, 0.1) is 11.7 Å². The minimum absolute atomic E-state index is 0.0453. The van der Waals surface area contributed by atoms with E-state index in [9.17, 15) is 13.2 Å². The second-order valence-corrected chi connectivity index (χ2v) is 6.56. The van der Waals surface area contributed by atoms with Gasteiger partial charge >= 0.3 is 0 Å². The highest BCUT2D eigenvalue weighted by molar-refractivity contribution is 7.89. The van der Waals surface area contributed by atoms with Crippen molar-refractivity contribution >= 4 is 15.9 Å². The standard InChI is InChI=1S/C10H21N3O3S/c1-8-5-9(7-12-6-8)10(14)13-3-4-17(15,16)11-2/h8-9,11-12H,3-7H2,1-2H3,(H,13,14). The molecule has 0 aliphatic carbocycles. The van der Waals surface area contributed by atoms with Crippen LogP contribution in [0.5, 0.6) is 0 Å². The summed E-state index contributed by atoms with van der Waals surface area (Å²) in [7, 11) is -1.87. The van der Waals surface area contributed by atoms with Crippen LogP contribution in [0.2, 0.25) is 0 Å². The Morgan fingerprint density at radius 1 is 1.41 bits per heavy atom. The third-order valence-corrected chi connectivity index (χ3v) is 4.29. The molecule has 0 aromatic rings. The Bertz CT molecular complexity index is 356. The van der Waals surface area contributed by atoms with Crippen LogP contribution in [-0.4, -0.2) is 46.8 Å². The monoisotopic (exact) mass is 263 g/mol. The number of amides is 1. The quantitative estimate of drug-likeness (QED) is 0.587. The van der Waals surface area contributed by atoms with Crippen molar-refractivity contribution in [3.05, 3.63) is 0 Å². The van der Waals surface area contributed by atoms with E-state index in [0.29, 0.717) is 12.5 Å². The minimum Gasteiger partial charge on any atom is -0.355 e.